The van der Waals surface area contributed by atoms with Crippen molar-refractivity contribution in [3.63, 3.8) is 0 Å². The summed E-state index contributed by atoms with van der Waals surface area (Å²) in [5, 5.41) is 19.5. The van der Waals surface area contributed by atoms with Gasteiger partial charge < -0.3 is 10.2 Å². The number of fused-ring (bicyclic) bond motifs is 1. The molecule has 0 radical (unpaired) electrons. The molecule has 2 rings (SSSR count). The fourth-order valence-corrected chi connectivity index (χ4v) is 3.22. The van der Waals surface area contributed by atoms with Crippen LogP contribution in [0, 0.1) is 17.3 Å². The maximum absolute atomic E-state index is 10.2. The summed E-state index contributed by atoms with van der Waals surface area (Å²) in [4.78, 5) is 0. The van der Waals surface area contributed by atoms with Gasteiger partial charge in [-0.2, -0.15) is 0 Å². The second-order valence-corrected chi connectivity index (χ2v) is 6.27. The Hall–Kier alpha value is -0.600. The van der Waals surface area contributed by atoms with E-state index in [0.717, 1.165) is 19.3 Å². The number of aliphatic hydroxyl groups excluding tert-OH is 1. The molecule has 0 aromatic rings. The third kappa shape index (κ3) is 2.09. The lowest BCUT2D eigenvalue weighted by Gasteiger charge is -2.47. The van der Waals surface area contributed by atoms with Crippen LogP contribution in [0.5, 0.6) is 0 Å². The summed E-state index contributed by atoms with van der Waals surface area (Å²) < 4.78 is 0. The molecular formula is C15H24O2. The number of aliphatic hydroxyl groups is 2. The molecule has 2 N–H and O–H groups in total. The fraction of sp³-hybridized carbons (Fsp3) is 0.733. The molecule has 0 fully saturated rings. The van der Waals surface area contributed by atoms with Crippen LogP contribution in [0.3, 0.4) is 0 Å². The zero-order valence-corrected chi connectivity index (χ0v) is 11.1. The molecule has 0 amide bonds. The molecule has 0 spiro atoms. The zero-order valence-electron chi connectivity index (χ0n) is 11.1. The Morgan fingerprint density at radius 2 is 2.18 bits per heavy atom. The highest BCUT2D eigenvalue weighted by atomic mass is 16.3. The highest BCUT2D eigenvalue weighted by molar-refractivity contribution is 5.33. The second-order valence-electron chi connectivity index (χ2n) is 6.27. The van der Waals surface area contributed by atoms with Crippen molar-refractivity contribution in [3.8, 4) is 0 Å². The van der Waals surface area contributed by atoms with E-state index in [4.69, 9.17) is 0 Å². The van der Waals surface area contributed by atoms with E-state index in [1.54, 1.807) is 6.92 Å². The fourth-order valence-electron chi connectivity index (χ4n) is 3.22. The van der Waals surface area contributed by atoms with E-state index in [1.807, 2.05) is 0 Å². The van der Waals surface area contributed by atoms with Gasteiger partial charge in [0.2, 0.25) is 0 Å². The van der Waals surface area contributed by atoms with Crippen LogP contribution >= 0.6 is 0 Å². The first-order chi connectivity index (χ1) is 7.90. The van der Waals surface area contributed by atoms with Crippen LogP contribution in [0.2, 0.25) is 0 Å². The van der Waals surface area contributed by atoms with Gasteiger partial charge in [-0.25, -0.2) is 0 Å². The molecule has 0 saturated heterocycles. The topological polar surface area (TPSA) is 40.5 Å². The SMILES string of the molecule is C[C@@H]1CC=CC2=CC[C@@H](C(C)(O)CO)C[C@]21C. The van der Waals surface area contributed by atoms with E-state index in [-0.39, 0.29) is 17.9 Å². The molecule has 1 unspecified atom stereocenters. The summed E-state index contributed by atoms with van der Waals surface area (Å²) in [7, 11) is 0. The maximum Gasteiger partial charge on any atom is 0.0880 e. The number of hydrogen-bond acceptors (Lipinski definition) is 2. The summed E-state index contributed by atoms with van der Waals surface area (Å²) in [6, 6.07) is 0. The van der Waals surface area contributed by atoms with E-state index in [9.17, 15) is 10.2 Å². The highest BCUT2D eigenvalue weighted by Crippen LogP contribution is 2.51. The first-order valence-electron chi connectivity index (χ1n) is 6.60. The molecule has 2 aliphatic carbocycles. The van der Waals surface area contributed by atoms with Crippen molar-refractivity contribution in [2.75, 3.05) is 6.61 Å². The molecule has 17 heavy (non-hydrogen) atoms. The van der Waals surface area contributed by atoms with Crippen LogP contribution in [0.15, 0.2) is 23.8 Å². The van der Waals surface area contributed by atoms with Gasteiger partial charge in [0.25, 0.3) is 0 Å². The standard InChI is InChI=1S/C15H24O2/c1-11-5-4-6-12-7-8-13(9-14(11,12)2)15(3,17)10-16/h4,6-7,11,13,16-17H,5,8-10H2,1-3H3/t11-,13-,14+,15?/m1/s1. The Bertz CT molecular complexity index is 354. The number of hydrogen-bond donors (Lipinski definition) is 2. The minimum absolute atomic E-state index is 0.152. The minimum atomic E-state index is -0.952. The second kappa shape index (κ2) is 4.25. The van der Waals surface area contributed by atoms with Gasteiger partial charge in [0, 0.05) is 0 Å². The van der Waals surface area contributed by atoms with Gasteiger partial charge >= 0.3 is 0 Å². The Morgan fingerprint density at radius 3 is 2.82 bits per heavy atom. The van der Waals surface area contributed by atoms with Gasteiger partial charge in [0.15, 0.2) is 0 Å². The molecule has 0 aromatic carbocycles. The predicted octanol–water partition coefficient (Wildman–Crippen LogP) is 2.67. The zero-order chi connectivity index (χ0) is 12.7. The lowest BCUT2D eigenvalue weighted by Crippen LogP contribution is -2.45. The Kier molecular flexibility index (Phi) is 3.21. The molecule has 96 valence electrons. The highest BCUT2D eigenvalue weighted by Gasteiger charge is 2.44. The minimum Gasteiger partial charge on any atom is -0.393 e. The van der Waals surface area contributed by atoms with Crippen molar-refractivity contribution in [1.29, 1.82) is 0 Å². The van der Waals surface area contributed by atoms with Crippen LogP contribution in [-0.4, -0.2) is 22.4 Å². The van der Waals surface area contributed by atoms with Gasteiger partial charge in [0.1, 0.15) is 0 Å². The van der Waals surface area contributed by atoms with Crippen LogP contribution in [0.25, 0.3) is 0 Å². The molecule has 0 saturated carbocycles. The Balaban J connectivity index is 2.28. The van der Waals surface area contributed by atoms with Crippen LogP contribution in [0.1, 0.15) is 40.0 Å². The molecule has 0 aliphatic heterocycles. The van der Waals surface area contributed by atoms with Gasteiger partial charge in [0.05, 0.1) is 12.2 Å². The van der Waals surface area contributed by atoms with Crippen molar-refractivity contribution in [3.05, 3.63) is 23.8 Å². The van der Waals surface area contributed by atoms with Crippen molar-refractivity contribution in [2.45, 2.75) is 45.6 Å². The predicted molar refractivity (Wildman–Crippen MR) is 69.5 cm³/mol. The first-order valence-corrected chi connectivity index (χ1v) is 6.60. The molecule has 2 aliphatic rings. The third-order valence-corrected chi connectivity index (χ3v) is 5.03. The smallest absolute Gasteiger partial charge is 0.0880 e. The van der Waals surface area contributed by atoms with Crippen molar-refractivity contribution in [2.24, 2.45) is 17.3 Å². The molecule has 2 nitrogen and oxygen atoms in total. The monoisotopic (exact) mass is 236 g/mol. The van der Waals surface area contributed by atoms with Gasteiger partial charge in [-0.3, -0.25) is 0 Å². The summed E-state index contributed by atoms with van der Waals surface area (Å²) in [6.45, 7) is 6.18. The largest absolute Gasteiger partial charge is 0.393 e. The Labute approximate surface area is 104 Å². The number of rotatable bonds is 2. The lowest BCUT2D eigenvalue weighted by molar-refractivity contribution is -0.0638. The lowest BCUT2D eigenvalue weighted by atomic mass is 9.58. The van der Waals surface area contributed by atoms with Gasteiger partial charge in [-0.1, -0.05) is 32.1 Å². The number of allylic oxidation sites excluding steroid dienone is 4. The van der Waals surface area contributed by atoms with Crippen LogP contribution < -0.4 is 0 Å². The summed E-state index contributed by atoms with van der Waals surface area (Å²) in [6.07, 6.45) is 9.70. The quantitative estimate of drug-likeness (QED) is 0.774. The molecule has 4 atom stereocenters. The van der Waals surface area contributed by atoms with E-state index in [0.29, 0.717) is 5.92 Å². The van der Waals surface area contributed by atoms with E-state index >= 15 is 0 Å². The molecule has 2 heteroatoms. The Morgan fingerprint density at radius 1 is 1.47 bits per heavy atom. The molecule has 0 bridgehead atoms. The average Bonchev–Trinajstić information content (AvgIpc) is 2.30. The van der Waals surface area contributed by atoms with Crippen molar-refractivity contribution >= 4 is 0 Å². The normalized spacial score (nSPS) is 40.4. The third-order valence-electron chi connectivity index (χ3n) is 5.03. The van der Waals surface area contributed by atoms with Crippen LogP contribution in [-0.2, 0) is 0 Å². The van der Waals surface area contributed by atoms with Crippen molar-refractivity contribution in [1.82, 2.24) is 0 Å². The molecule has 0 aromatic heterocycles. The maximum atomic E-state index is 10.2. The van der Waals surface area contributed by atoms with Crippen LogP contribution in [0.4, 0.5) is 0 Å². The average molecular weight is 236 g/mol. The summed E-state index contributed by atoms with van der Waals surface area (Å²) in [5.41, 5.74) is 0.629. The van der Waals surface area contributed by atoms with Gasteiger partial charge in [-0.05, 0) is 49.0 Å². The summed E-state index contributed by atoms with van der Waals surface area (Å²) in [5.74, 6) is 0.770. The molecular weight excluding hydrogens is 212 g/mol. The van der Waals surface area contributed by atoms with E-state index < -0.39 is 5.60 Å². The van der Waals surface area contributed by atoms with Crippen molar-refractivity contribution < 1.29 is 10.2 Å². The van der Waals surface area contributed by atoms with E-state index in [2.05, 4.69) is 32.1 Å². The summed E-state index contributed by atoms with van der Waals surface area (Å²) >= 11 is 0. The molecule has 0 heterocycles. The first kappa shape index (κ1) is 12.8. The van der Waals surface area contributed by atoms with E-state index in [1.165, 1.54) is 5.57 Å². The van der Waals surface area contributed by atoms with Gasteiger partial charge in [-0.15, -0.1) is 0 Å².